The lowest BCUT2D eigenvalue weighted by molar-refractivity contribution is -0.0256. The molecule has 0 amide bonds. The van der Waals surface area contributed by atoms with Crippen LogP contribution in [0.4, 0.5) is 0 Å². The maximum atomic E-state index is 5.75. The fourth-order valence-electron chi connectivity index (χ4n) is 2.28. The number of rotatable bonds is 4. The van der Waals surface area contributed by atoms with E-state index in [4.69, 9.17) is 4.74 Å². The molecule has 1 aliphatic carbocycles. The maximum absolute atomic E-state index is 5.75. The van der Waals surface area contributed by atoms with E-state index in [-0.39, 0.29) is 0 Å². The highest BCUT2D eigenvalue weighted by molar-refractivity contribution is 5.01. The summed E-state index contributed by atoms with van der Waals surface area (Å²) in [6.45, 7) is 12.1. The van der Waals surface area contributed by atoms with E-state index in [0.29, 0.717) is 11.5 Å². The Morgan fingerprint density at radius 2 is 2.20 bits per heavy atom. The van der Waals surface area contributed by atoms with Gasteiger partial charge in [0.1, 0.15) is 0 Å². The highest BCUT2D eigenvalue weighted by Crippen LogP contribution is 2.44. The summed E-state index contributed by atoms with van der Waals surface area (Å²) in [5.41, 5.74) is 0.527. The Hall–Kier alpha value is -0.120. The zero-order valence-corrected chi connectivity index (χ0v) is 10.3. The Kier molecular flexibility index (Phi) is 3.33. The van der Waals surface area contributed by atoms with Crippen LogP contribution < -0.4 is 5.32 Å². The third-order valence-corrected chi connectivity index (χ3v) is 3.78. The van der Waals surface area contributed by atoms with Gasteiger partial charge in [-0.05, 0) is 18.4 Å². The molecular formula is C12H24N2O. The Labute approximate surface area is 93.2 Å². The van der Waals surface area contributed by atoms with Gasteiger partial charge in [0.2, 0.25) is 0 Å². The predicted molar refractivity (Wildman–Crippen MR) is 62.0 cm³/mol. The first-order valence-electron chi connectivity index (χ1n) is 6.19. The third kappa shape index (κ3) is 2.92. The van der Waals surface area contributed by atoms with E-state index < -0.39 is 0 Å². The van der Waals surface area contributed by atoms with Gasteiger partial charge in [0.05, 0.1) is 12.7 Å². The lowest BCUT2D eigenvalue weighted by Crippen LogP contribution is -2.47. The fourth-order valence-corrected chi connectivity index (χ4v) is 2.28. The third-order valence-electron chi connectivity index (χ3n) is 3.78. The van der Waals surface area contributed by atoms with Gasteiger partial charge in [0.25, 0.3) is 0 Å². The Morgan fingerprint density at radius 1 is 1.47 bits per heavy atom. The zero-order valence-electron chi connectivity index (χ0n) is 10.3. The summed E-state index contributed by atoms with van der Waals surface area (Å²) >= 11 is 0. The minimum absolute atomic E-state index is 0.398. The lowest BCUT2D eigenvalue weighted by atomic mass is 10.2. The second-order valence-electron chi connectivity index (χ2n) is 5.54. The van der Waals surface area contributed by atoms with E-state index >= 15 is 0 Å². The van der Waals surface area contributed by atoms with Gasteiger partial charge in [-0.3, -0.25) is 4.90 Å². The van der Waals surface area contributed by atoms with Gasteiger partial charge >= 0.3 is 0 Å². The van der Waals surface area contributed by atoms with Crippen LogP contribution in [-0.2, 0) is 4.74 Å². The first-order valence-corrected chi connectivity index (χ1v) is 6.19. The normalized spacial score (nSPS) is 35.4. The van der Waals surface area contributed by atoms with E-state index in [1.165, 1.54) is 6.42 Å². The summed E-state index contributed by atoms with van der Waals surface area (Å²) in [5.74, 6) is 0. The van der Waals surface area contributed by atoms with E-state index in [1.807, 2.05) is 0 Å². The van der Waals surface area contributed by atoms with Crippen LogP contribution in [0.5, 0.6) is 0 Å². The highest BCUT2D eigenvalue weighted by Gasteiger charge is 2.45. The van der Waals surface area contributed by atoms with Crippen LogP contribution in [0.15, 0.2) is 0 Å². The van der Waals surface area contributed by atoms with Crippen molar-refractivity contribution in [3.63, 3.8) is 0 Å². The number of morpholine rings is 1. The second kappa shape index (κ2) is 4.40. The molecule has 88 valence electrons. The molecular weight excluding hydrogens is 188 g/mol. The average molecular weight is 212 g/mol. The van der Waals surface area contributed by atoms with E-state index in [0.717, 1.165) is 38.8 Å². The summed E-state index contributed by atoms with van der Waals surface area (Å²) < 4.78 is 5.75. The Bertz CT molecular complexity index is 218. The van der Waals surface area contributed by atoms with Gasteiger partial charge in [-0.2, -0.15) is 0 Å². The smallest absolute Gasteiger partial charge is 0.0826 e. The molecule has 2 fully saturated rings. The molecule has 3 nitrogen and oxygen atoms in total. The first-order chi connectivity index (χ1) is 7.12. The largest absolute Gasteiger partial charge is 0.374 e. The van der Waals surface area contributed by atoms with Crippen LogP contribution in [0, 0.1) is 5.41 Å². The van der Waals surface area contributed by atoms with Gasteiger partial charge < -0.3 is 10.1 Å². The van der Waals surface area contributed by atoms with Crippen LogP contribution in [-0.4, -0.2) is 49.8 Å². The van der Waals surface area contributed by atoms with Gasteiger partial charge in [0, 0.05) is 25.7 Å². The molecule has 2 rings (SSSR count). The second-order valence-corrected chi connectivity index (χ2v) is 5.54. The van der Waals surface area contributed by atoms with Crippen LogP contribution in [0.1, 0.15) is 27.2 Å². The monoisotopic (exact) mass is 212 g/mol. The molecule has 0 aromatic rings. The molecule has 2 atom stereocenters. The molecule has 1 saturated heterocycles. The number of hydrogen-bond acceptors (Lipinski definition) is 3. The molecule has 0 bridgehead atoms. The highest BCUT2D eigenvalue weighted by atomic mass is 16.5. The Morgan fingerprint density at radius 3 is 2.80 bits per heavy atom. The lowest BCUT2D eigenvalue weighted by Gasteiger charge is -2.32. The fraction of sp³-hybridized carbons (Fsp3) is 1.00. The summed E-state index contributed by atoms with van der Waals surface area (Å²) in [6, 6.07) is 0.720. The van der Waals surface area contributed by atoms with Gasteiger partial charge in [-0.15, -0.1) is 0 Å². The van der Waals surface area contributed by atoms with Gasteiger partial charge in [-0.25, -0.2) is 0 Å². The van der Waals surface area contributed by atoms with E-state index in [9.17, 15) is 0 Å². The SMILES string of the molecule is CCN1CCOC(CNC2CC2(C)C)C1. The molecule has 2 aliphatic rings. The van der Waals surface area contributed by atoms with Crippen molar-refractivity contribution in [2.45, 2.75) is 39.3 Å². The molecule has 2 unspecified atom stereocenters. The van der Waals surface area contributed by atoms with Crippen LogP contribution in [0.25, 0.3) is 0 Å². The van der Waals surface area contributed by atoms with Gasteiger partial charge in [0.15, 0.2) is 0 Å². The molecule has 1 heterocycles. The van der Waals surface area contributed by atoms with Crippen molar-refractivity contribution in [3.05, 3.63) is 0 Å². The Balaban J connectivity index is 1.66. The summed E-state index contributed by atoms with van der Waals surface area (Å²) in [4.78, 5) is 2.47. The molecule has 15 heavy (non-hydrogen) atoms. The molecule has 1 aliphatic heterocycles. The van der Waals surface area contributed by atoms with E-state index in [2.05, 4.69) is 31.0 Å². The van der Waals surface area contributed by atoms with E-state index in [1.54, 1.807) is 0 Å². The van der Waals surface area contributed by atoms with Crippen molar-refractivity contribution in [3.8, 4) is 0 Å². The molecule has 1 N–H and O–H groups in total. The molecule has 0 spiro atoms. The van der Waals surface area contributed by atoms with Crippen LogP contribution >= 0.6 is 0 Å². The van der Waals surface area contributed by atoms with Crippen molar-refractivity contribution in [2.75, 3.05) is 32.8 Å². The van der Waals surface area contributed by atoms with Crippen LogP contribution in [0.3, 0.4) is 0 Å². The standard InChI is InChI=1S/C12H24N2O/c1-4-14-5-6-15-10(9-14)8-13-11-7-12(11,2)3/h10-11,13H,4-9H2,1-3H3. The minimum Gasteiger partial charge on any atom is -0.374 e. The maximum Gasteiger partial charge on any atom is 0.0826 e. The van der Waals surface area contributed by atoms with Crippen molar-refractivity contribution in [1.82, 2.24) is 10.2 Å². The first kappa shape index (κ1) is 11.4. The number of likely N-dealkylation sites (N-methyl/N-ethyl adjacent to an activating group) is 1. The van der Waals surface area contributed by atoms with Gasteiger partial charge in [-0.1, -0.05) is 20.8 Å². The molecule has 1 saturated carbocycles. The van der Waals surface area contributed by atoms with Crippen molar-refractivity contribution >= 4 is 0 Å². The molecule has 0 aromatic carbocycles. The topological polar surface area (TPSA) is 24.5 Å². The van der Waals surface area contributed by atoms with Crippen molar-refractivity contribution < 1.29 is 4.74 Å². The predicted octanol–water partition coefficient (Wildman–Crippen LogP) is 1.10. The van der Waals surface area contributed by atoms with Crippen molar-refractivity contribution in [1.29, 1.82) is 0 Å². The number of nitrogens with zero attached hydrogens (tertiary/aromatic N) is 1. The molecule has 0 radical (unpaired) electrons. The quantitative estimate of drug-likeness (QED) is 0.755. The molecule has 3 heteroatoms. The number of nitrogens with one attached hydrogen (secondary N) is 1. The minimum atomic E-state index is 0.398. The van der Waals surface area contributed by atoms with Crippen molar-refractivity contribution in [2.24, 2.45) is 5.41 Å². The summed E-state index contributed by atoms with van der Waals surface area (Å²) in [5, 5.41) is 3.61. The molecule has 0 aromatic heterocycles. The number of hydrogen-bond donors (Lipinski definition) is 1. The summed E-state index contributed by atoms with van der Waals surface area (Å²) in [6.07, 6.45) is 1.71. The summed E-state index contributed by atoms with van der Waals surface area (Å²) in [7, 11) is 0. The average Bonchev–Trinajstić information content (AvgIpc) is 2.84. The zero-order chi connectivity index (χ0) is 10.9. The van der Waals surface area contributed by atoms with Crippen LogP contribution in [0.2, 0.25) is 0 Å². The number of ether oxygens (including phenoxy) is 1.